The summed E-state index contributed by atoms with van der Waals surface area (Å²) in [6.07, 6.45) is 0. The van der Waals surface area contributed by atoms with Gasteiger partial charge >= 0.3 is 0 Å². The highest BCUT2D eigenvalue weighted by Gasteiger charge is 1.77. The van der Waals surface area contributed by atoms with Gasteiger partial charge in [0.2, 0.25) is 0 Å². The van der Waals surface area contributed by atoms with Gasteiger partial charge in [-0.3, -0.25) is 0 Å². The van der Waals surface area contributed by atoms with Crippen LogP contribution in [-0.2, 0) is 0 Å². The summed E-state index contributed by atoms with van der Waals surface area (Å²) in [5.74, 6) is 0. The average Bonchev–Trinajstić information content (AvgIpc) is 1.61. The van der Waals surface area contributed by atoms with E-state index < -0.39 is 0 Å². The molecule has 38 valence electrons. The Hall–Kier alpha value is 0.434. The van der Waals surface area contributed by atoms with E-state index in [2.05, 4.69) is 6.92 Å². The first kappa shape index (κ1) is 6.43. The Labute approximate surface area is 45.6 Å². The molecule has 0 rings (SSSR count). The fourth-order valence-electron chi connectivity index (χ4n) is 0.500. The molecule has 6 heavy (non-hydrogen) atoms. The minimum Gasteiger partial charge on any atom is -0.0686 e. The molecule has 0 unspecified atom stereocenters. The largest absolute Gasteiger partial charge is 0.0686 e. The maximum atomic E-state index is 2.31. The fraction of sp³-hybridized carbons (Fsp3) is 1.00. The minimum atomic E-state index is 0.456. The van der Waals surface area contributed by atoms with Crippen molar-refractivity contribution in [1.82, 2.24) is 0 Å². The molecule has 2 heteroatoms. The second kappa shape index (κ2) is 5.43. The molecule has 0 heterocycles. The first-order valence-corrected chi connectivity index (χ1v) is 6.33. The summed E-state index contributed by atoms with van der Waals surface area (Å²) in [6.45, 7) is 2.31. The Morgan fingerprint density at radius 1 is 1.67 bits per heavy atom. The van der Waals surface area contributed by atoms with E-state index >= 15 is 0 Å². The lowest BCUT2D eigenvalue weighted by atomic mass is 10.9. The van der Waals surface area contributed by atoms with E-state index in [9.17, 15) is 0 Å². The van der Waals surface area contributed by atoms with E-state index in [4.69, 9.17) is 0 Å². The Balaban J connectivity index is 2.34. The lowest BCUT2D eigenvalue weighted by Gasteiger charge is -1.84. The van der Waals surface area contributed by atoms with Gasteiger partial charge in [0.15, 0.2) is 0 Å². The monoisotopic (exact) mass is 118 g/mol. The van der Waals surface area contributed by atoms with Gasteiger partial charge in [0.05, 0.1) is 0 Å². The summed E-state index contributed by atoms with van der Waals surface area (Å²) in [6, 6.07) is 4.69. The molecule has 0 saturated carbocycles. The first-order valence-electron chi connectivity index (χ1n) is 2.91. The van der Waals surface area contributed by atoms with Gasteiger partial charge < -0.3 is 0 Å². The molecule has 0 N–H and O–H groups in total. The van der Waals surface area contributed by atoms with E-state index in [0.717, 1.165) is 0 Å². The van der Waals surface area contributed by atoms with E-state index in [-0.39, 0.29) is 0 Å². The maximum absolute atomic E-state index is 2.31. The highest BCUT2D eigenvalue weighted by molar-refractivity contribution is 6.36. The quantitative estimate of drug-likeness (QED) is 0.355. The van der Waals surface area contributed by atoms with Gasteiger partial charge in [0.25, 0.3) is 0 Å². The fourth-order valence-corrected chi connectivity index (χ4v) is 3.00. The third-order valence-electron chi connectivity index (χ3n) is 0.957. The van der Waals surface area contributed by atoms with Crippen molar-refractivity contribution < 1.29 is 0 Å². The Morgan fingerprint density at radius 2 is 2.33 bits per heavy atom. The topological polar surface area (TPSA) is 0 Å². The van der Waals surface area contributed by atoms with Crippen LogP contribution in [0, 0.1) is 0 Å². The lowest BCUT2D eigenvalue weighted by Crippen LogP contribution is -1.82. The Morgan fingerprint density at radius 3 is 2.50 bits per heavy atom. The highest BCUT2D eigenvalue weighted by Crippen LogP contribution is 1.85. The molecule has 0 aromatic carbocycles. The second-order valence-corrected chi connectivity index (χ2v) is 5.12. The second-order valence-electron chi connectivity index (χ2n) is 1.71. The molecule has 0 radical (unpaired) electrons. The maximum Gasteiger partial charge on any atom is 0.0192 e. The minimum absolute atomic E-state index is 0.456. The van der Waals surface area contributed by atoms with E-state index in [1.807, 2.05) is 0 Å². The first-order chi connectivity index (χ1) is 2.91. The van der Waals surface area contributed by atoms with Gasteiger partial charge in [-0.2, -0.15) is 0 Å². The summed E-state index contributed by atoms with van der Waals surface area (Å²) in [5.41, 5.74) is 0. The Kier molecular flexibility index (Phi) is 5.83. The normalized spacial score (nSPS) is 11.5. The molecular formula is C4H14Si2. The van der Waals surface area contributed by atoms with Crippen molar-refractivity contribution in [2.45, 2.75) is 25.1 Å². The Bertz CT molecular complexity index is 17.5. The molecule has 0 aliphatic rings. The zero-order valence-corrected chi connectivity index (χ0v) is 8.24. The van der Waals surface area contributed by atoms with E-state index in [1.54, 1.807) is 12.1 Å². The summed E-state index contributed by atoms with van der Waals surface area (Å²) in [4.78, 5) is 0. The van der Waals surface area contributed by atoms with Crippen LogP contribution in [0.15, 0.2) is 0 Å². The van der Waals surface area contributed by atoms with E-state index in [0.29, 0.717) is 9.52 Å². The summed E-state index contributed by atoms with van der Waals surface area (Å²) < 4.78 is 0. The van der Waals surface area contributed by atoms with Crippen LogP contribution in [0.25, 0.3) is 0 Å². The van der Waals surface area contributed by atoms with Crippen molar-refractivity contribution >= 4 is 19.8 Å². The predicted molar refractivity (Wildman–Crippen MR) is 38.6 cm³/mol. The molecule has 0 spiro atoms. The third-order valence-corrected chi connectivity index (χ3v) is 4.99. The van der Waals surface area contributed by atoms with Gasteiger partial charge in [-0.25, -0.2) is 0 Å². The average molecular weight is 118 g/mol. The van der Waals surface area contributed by atoms with Crippen LogP contribution in [0.4, 0.5) is 0 Å². The number of hydrogen-bond donors (Lipinski definition) is 0. The molecule has 0 aromatic heterocycles. The van der Waals surface area contributed by atoms with Crippen molar-refractivity contribution in [3.63, 3.8) is 0 Å². The molecule has 0 aliphatic carbocycles. The molecule has 0 saturated heterocycles. The van der Waals surface area contributed by atoms with Crippen LogP contribution in [0.2, 0.25) is 18.1 Å². The SMILES string of the molecule is CC[SiH2]CC[SiH3]. The van der Waals surface area contributed by atoms with Crippen molar-refractivity contribution in [3.05, 3.63) is 0 Å². The third kappa shape index (κ3) is 4.43. The van der Waals surface area contributed by atoms with Crippen molar-refractivity contribution in [2.75, 3.05) is 0 Å². The van der Waals surface area contributed by atoms with Crippen LogP contribution in [0.5, 0.6) is 0 Å². The zero-order chi connectivity index (χ0) is 4.83. The van der Waals surface area contributed by atoms with Gasteiger partial charge in [-0.05, 0) is 0 Å². The van der Waals surface area contributed by atoms with Crippen LogP contribution in [0.3, 0.4) is 0 Å². The smallest absolute Gasteiger partial charge is 0.0192 e. The molecule has 0 amide bonds. The molecular weight excluding hydrogens is 104 g/mol. The van der Waals surface area contributed by atoms with Crippen molar-refractivity contribution in [1.29, 1.82) is 0 Å². The molecule has 0 aliphatic heterocycles. The predicted octanol–water partition coefficient (Wildman–Crippen LogP) is -0.205. The molecule has 0 bridgehead atoms. The lowest BCUT2D eigenvalue weighted by molar-refractivity contribution is 1.35. The summed E-state index contributed by atoms with van der Waals surface area (Å²) in [5, 5.41) is 0. The van der Waals surface area contributed by atoms with Crippen LogP contribution in [-0.4, -0.2) is 19.8 Å². The summed E-state index contributed by atoms with van der Waals surface area (Å²) >= 11 is 0. The van der Waals surface area contributed by atoms with E-state index in [1.165, 1.54) is 16.3 Å². The van der Waals surface area contributed by atoms with Crippen LogP contribution < -0.4 is 0 Å². The summed E-state index contributed by atoms with van der Waals surface area (Å²) in [7, 11) is 1.89. The van der Waals surface area contributed by atoms with Gasteiger partial charge in [-0.15, -0.1) is 0 Å². The number of rotatable bonds is 3. The molecule has 0 fully saturated rings. The highest BCUT2D eigenvalue weighted by atomic mass is 28.2. The molecule has 0 atom stereocenters. The van der Waals surface area contributed by atoms with Crippen LogP contribution in [0.1, 0.15) is 6.92 Å². The van der Waals surface area contributed by atoms with Gasteiger partial charge in [0, 0.05) is 19.8 Å². The van der Waals surface area contributed by atoms with Crippen molar-refractivity contribution in [3.8, 4) is 0 Å². The molecule has 0 nitrogen and oxygen atoms in total. The van der Waals surface area contributed by atoms with Crippen molar-refractivity contribution in [2.24, 2.45) is 0 Å². The van der Waals surface area contributed by atoms with Gasteiger partial charge in [-0.1, -0.05) is 25.1 Å². The van der Waals surface area contributed by atoms with Crippen LogP contribution >= 0.6 is 0 Å². The van der Waals surface area contributed by atoms with Gasteiger partial charge in [0.1, 0.15) is 0 Å². The number of hydrogen-bond acceptors (Lipinski definition) is 0. The zero-order valence-electron chi connectivity index (χ0n) is 4.83. The standard InChI is InChI=1S/C4H14Si2/c1-2-6-4-3-5/h2-4,6H2,1,5H3. The molecule has 0 aromatic rings.